The fourth-order valence-electron chi connectivity index (χ4n) is 1.52. The van der Waals surface area contributed by atoms with Crippen molar-refractivity contribution in [3.8, 4) is 0 Å². The third kappa shape index (κ3) is 5.06. The summed E-state index contributed by atoms with van der Waals surface area (Å²) in [5.74, 6) is -0.763. The Kier molecular flexibility index (Phi) is 5.95. The molecule has 0 saturated carbocycles. The van der Waals surface area contributed by atoms with Crippen LogP contribution in [0.5, 0.6) is 0 Å². The maximum atomic E-state index is 10.4. The van der Waals surface area contributed by atoms with Gasteiger partial charge in [-0.15, -0.1) is 0 Å². The van der Waals surface area contributed by atoms with Crippen molar-refractivity contribution >= 4 is 33.5 Å². The lowest BCUT2D eigenvalue weighted by Gasteiger charge is -2.15. The standard InChI is InChI=1S/C12H15BrClNO2/c1-8(15-6-2-3-12(16)17)10-5-4-9(13)7-11(10)14/h4-5,7-8,15H,2-3,6H2,1H3,(H,16,17). The van der Waals surface area contributed by atoms with Gasteiger partial charge in [0.05, 0.1) is 0 Å². The highest BCUT2D eigenvalue weighted by Gasteiger charge is 2.09. The van der Waals surface area contributed by atoms with E-state index in [4.69, 9.17) is 16.7 Å². The SMILES string of the molecule is CC(NCCCC(=O)O)c1ccc(Br)cc1Cl. The second-order valence-electron chi connectivity index (χ2n) is 3.84. The first-order valence-electron chi connectivity index (χ1n) is 5.41. The van der Waals surface area contributed by atoms with E-state index in [1.54, 1.807) is 0 Å². The summed E-state index contributed by atoms with van der Waals surface area (Å²) in [6.07, 6.45) is 0.807. The molecule has 0 aliphatic rings. The normalized spacial score (nSPS) is 12.4. The predicted molar refractivity (Wildman–Crippen MR) is 72.4 cm³/mol. The topological polar surface area (TPSA) is 49.3 Å². The molecule has 3 nitrogen and oxygen atoms in total. The molecule has 17 heavy (non-hydrogen) atoms. The largest absolute Gasteiger partial charge is 0.481 e. The average molecular weight is 321 g/mol. The number of aliphatic carboxylic acids is 1. The van der Waals surface area contributed by atoms with Crippen LogP contribution >= 0.6 is 27.5 Å². The van der Waals surface area contributed by atoms with Gasteiger partial charge in [0, 0.05) is 22.0 Å². The van der Waals surface area contributed by atoms with Gasteiger partial charge in [0.25, 0.3) is 0 Å². The second kappa shape index (κ2) is 6.99. The molecular weight excluding hydrogens is 305 g/mol. The number of rotatable bonds is 6. The minimum Gasteiger partial charge on any atom is -0.481 e. The third-order valence-electron chi connectivity index (χ3n) is 2.45. The van der Waals surface area contributed by atoms with Gasteiger partial charge in [-0.1, -0.05) is 33.6 Å². The Morgan fingerprint density at radius 3 is 2.88 bits per heavy atom. The molecule has 94 valence electrons. The van der Waals surface area contributed by atoms with E-state index in [1.165, 1.54) is 0 Å². The van der Waals surface area contributed by atoms with Crippen molar-refractivity contribution in [3.05, 3.63) is 33.3 Å². The van der Waals surface area contributed by atoms with Crippen molar-refractivity contribution in [2.75, 3.05) is 6.54 Å². The first kappa shape index (κ1) is 14.5. The molecule has 0 aliphatic carbocycles. The number of benzene rings is 1. The Bertz CT molecular complexity index is 398. The first-order chi connectivity index (χ1) is 8.00. The highest BCUT2D eigenvalue weighted by molar-refractivity contribution is 9.10. The van der Waals surface area contributed by atoms with Crippen molar-refractivity contribution in [2.24, 2.45) is 0 Å². The van der Waals surface area contributed by atoms with Gasteiger partial charge in [-0.05, 0) is 37.6 Å². The summed E-state index contributed by atoms with van der Waals surface area (Å²) in [4.78, 5) is 10.4. The lowest BCUT2D eigenvalue weighted by Crippen LogP contribution is -2.20. The minimum absolute atomic E-state index is 0.115. The number of nitrogens with one attached hydrogen (secondary N) is 1. The molecule has 1 unspecified atom stereocenters. The molecule has 1 aromatic rings. The summed E-state index contributed by atoms with van der Waals surface area (Å²) in [6, 6.07) is 5.87. The molecule has 5 heteroatoms. The Labute approximate surface area is 114 Å². The maximum Gasteiger partial charge on any atom is 0.303 e. The van der Waals surface area contributed by atoms with Crippen LogP contribution in [0.3, 0.4) is 0 Å². The van der Waals surface area contributed by atoms with E-state index >= 15 is 0 Å². The zero-order chi connectivity index (χ0) is 12.8. The fraction of sp³-hybridized carbons (Fsp3) is 0.417. The second-order valence-corrected chi connectivity index (χ2v) is 5.16. The molecule has 2 N–H and O–H groups in total. The quantitative estimate of drug-likeness (QED) is 0.787. The number of halogens is 2. The van der Waals surface area contributed by atoms with E-state index in [9.17, 15) is 4.79 Å². The highest BCUT2D eigenvalue weighted by Crippen LogP contribution is 2.26. The predicted octanol–water partition coefficient (Wildman–Crippen LogP) is 3.62. The summed E-state index contributed by atoms with van der Waals surface area (Å²) in [7, 11) is 0. The van der Waals surface area contributed by atoms with E-state index in [0.717, 1.165) is 10.0 Å². The molecular formula is C12H15BrClNO2. The minimum atomic E-state index is -0.763. The van der Waals surface area contributed by atoms with Crippen molar-refractivity contribution in [2.45, 2.75) is 25.8 Å². The van der Waals surface area contributed by atoms with Crippen molar-refractivity contribution in [3.63, 3.8) is 0 Å². The molecule has 0 aliphatic heterocycles. The van der Waals surface area contributed by atoms with E-state index in [1.807, 2.05) is 25.1 Å². The molecule has 1 rings (SSSR count). The number of carboxylic acid groups (broad SMARTS) is 1. The lowest BCUT2D eigenvalue weighted by atomic mass is 10.1. The van der Waals surface area contributed by atoms with Crippen LogP contribution < -0.4 is 5.32 Å². The summed E-state index contributed by atoms with van der Waals surface area (Å²) >= 11 is 9.48. The number of hydrogen-bond acceptors (Lipinski definition) is 2. The number of carboxylic acids is 1. The zero-order valence-electron chi connectivity index (χ0n) is 9.54. The fourth-order valence-corrected chi connectivity index (χ4v) is 2.36. The van der Waals surface area contributed by atoms with Crippen LogP contribution in [0.2, 0.25) is 5.02 Å². The first-order valence-corrected chi connectivity index (χ1v) is 6.58. The van der Waals surface area contributed by atoms with Crippen molar-refractivity contribution in [1.82, 2.24) is 5.32 Å². The van der Waals surface area contributed by atoms with Crippen molar-refractivity contribution in [1.29, 1.82) is 0 Å². The Hall–Kier alpha value is -0.580. The van der Waals surface area contributed by atoms with E-state index in [-0.39, 0.29) is 12.5 Å². The molecule has 1 aromatic carbocycles. The summed E-state index contributed by atoms with van der Waals surface area (Å²) < 4.78 is 0.948. The van der Waals surface area contributed by atoms with Gasteiger partial charge < -0.3 is 10.4 Å². The highest BCUT2D eigenvalue weighted by atomic mass is 79.9. The van der Waals surface area contributed by atoms with Crippen LogP contribution in [0.25, 0.3) is 0 Å². The molecule has 0 heterocycles. The van der Waals surface area contributed by atoms with Crippen LogP contribution in [-0.2, 0) is 4.79 Å². The molecule has 0 saturated heterocycles. The molecule has 0 aromatic heterocycles. The lowest BCUT2D eigenvalue weighted by molar-refractivity contribution is -0.137. The van der Waals surface area contributed by atoms with E-state index < -0.39 is 5.97 Å². The molecule has 0 amide bonds. The van der Waals surface area contributed by atoms with Gasteiger partial charge in [-0.25, -0.2) is 0 Å². The van der Waals surface area contributed by atoms with Gasteiger partial charge in [0.1, 0.15) is 0 Å². The molecule has 0 spiro atoms. The van der Waals surface area contributed by atoms with Crippen LogP contribution in [0.4, 0.5) is 0 Å². The number of carbonyl (C=O) groups is 1. The monoisotopic (exact) mass is 319 g/mol. The average Bonchev–Trinajstić information content (AvgIpc) is 2.23. The molecule has 0 bridgehead atoms. The Morgan fingerprint density at radius 1 is 1.59 bits per heavy atom. The Morgan fingerprint density at radius 2 is 2.29 bits per heavy atom. The van der Waals surface area contributed by atoms with Gasteiger partial charge in [-0.3, -0.25) is 4.79 Å². The van der Waals surface area contributed by atoms with Crippen LogP contribution in [0.15, 0.2) is 22.7 Å². The molecule has 0 radical (unpaired) electrons. The van der Waals surface area contributed by atoms with Crippen LogP contribution in [-0.4, -0.2) is 17.6 Å². The summed E-state index contributed by atoms with van der Waals surface area (Å²) in [6.45, 7) is 2.68. The maximum absolute atomic E-state index is 10.4. The van der Waals surface area contributed by atoms with E-state index in [2.05, 4.69) is 21.2 Å². The molecule has 1 atom stereocenters. The van der Waals surface area contributed by atoms with E-state index in [0.29, 0.717) is 18.0 Å². The Balaban J connectivity index is 2.46. The van der Waals surface area contributed by atoms with Gasteiger partial charge >= 0.3 is 5.97 Å². The summed E-state index contributed by atoms with van der Waals surface area (Å²) in [5, 5.41) is 12.5. The summed E-state index contributed by atoms with van der Waals surface area (Å²) in [5.41, 5.74) is 1.02. The zero-order valence-corrected chi connectivity index (χ0v) is 11.9. The molecule has 0 fully saturated rings. The van der Waals surface area contributed by atoms with Gasteiger partial charge in [-0.2, -0.15) is 0 Å². The van der Waals surface area contributed by atoms with Crippen LogP contribution in [0, 0.1) is 0 Å². The van der Waals surface area contributed by atoms with Crippen LogP contribution in [0.1, 0.15) is 31.4 Å². The number of hydrogen-bond donors (Lipinski definition) is 2. The smallest absolute Gasteiger partial charge is 0.303 e. The van der Waals surface area contributed by atoms with Crippen molar-refractivity contribution < 1.29 is 9.90 Å². The van der Waals surface area contributed by atoms with Gasteiger partial charge in [0.2, 0.25) is 0 Å². The van der Waals surface area contributed by atoms with Gasteiger partial charge in [0.15, 0.2) is 0 Å². The third-order valence-corrected chi connectivity index (χ3v) is 3.27.